The van der Waals surface area contributed by atoms with Gasteiger partial charge in [-0.15, -0.1) is 0 Å². The summed E-state index contributed by atoms with van der Waals surface area (Å²) in [5.74, 6) is 1.01. The normalized spacial score (nSPS) is 11.0. The first-order chi connectivity index (χ1) is 17.0. The SMILES string of the molecule is COc1ccc2c([N+](=O)[O-])c(-c3ccc(OCCOCCOCCOCCN)cc3)[nH]c(=O)c2c1. The molecule has 1 heterocycles. The Morgan fingerprint density at radius 1 is 0.857 bits per heavy atom. The minimum absolute atomic E-state index is 0.126. The number of aromatic nitrogens is 1. The fraction of sp³-hybridized carbons (Fsp3) is 0.375. The van der Waals surface area contributed by atoms with Gasteiger partial charge in [-0.25, -0.2) is 0 Å². The molecule has 11 nitrogen and oxygen atoms in total. The van der Waals surface area contributed by atoms with Crippen LogP contribution in [0.25, 0.3) is 22.0 Å². The number of nitro groups is 1. The van der Waals surface area contributed by atoms with Gasteiger partial charge in [-0.1, -0.05) is 0 Å². The number of nitrogens with one attached hydrogen (secondary N) is 1. The number of methoxy groups -OCH3 is 1. The maximum Gasteiger partial charge on any atom is 0.301 e. The number of hydrogen-bond acceptors (Lipinski definition) is 9. The molecule has 0 spiro atoms. The third-order valence-electron chi connectivity index (χ3n) is 5.03. The van der Waals surface area contributed by atoms with E-state index in [1.165, 1.54) is 19.2 Å². The molecule has 0 saturated heterocycles. The zero-order valence-electron chi connectivity index (χ0n) is 19.5. The van der Waals surface area contributed by atoms with Crippen molar-refractivity contribution in [2.24, 2.45) is 5.73 Å². The molecule has 0 fully saturated rings. The number of aromatic amines is 1. The zero-order valence-corrected chi connectivity index (χ0v) is 19.5. The quantitative estimate of drug-likeness (QED) is 0.187. The lowest BCUT2D eigenvalue weighted by Crippen LogP contribution is -2.14. The predicted octanol–water partition coefficient (Wildman–Crippen LogP) is 2.50. The van der Waals surface area contributed by atoms with Crippen LogP contribution < -0.4 is 20.8 Å². The second-order valence-electron chi connectivity index (χ2n) is 7.34. The van der Waals surface area contributed by atoms with Crippen LogP contribution >= 0.6 is 0 Å². The van der Waals surface area contributed by atoms with Crippen LogP contribution in [0, 0.1) is 10.1 Å². The number of ether oxygens (including phenoxy) is 5. The fourth-order valence-electron chi connectivity index (χ4n) is 3.38. The van der Waals surface area contributed by atoms with E-state index in [-0.39, 0.29) is 22.2 Å². The van der Waals surface area contributed by atoms with Crippen LogP contribution in [0.5, 0.6) is 11.5 Å². The summed E-state index contributed by atoms with van der Waals surface area (Å²) < 4.78 is 26.8. The summed E-state index contributed by atoms with van der Waals surface area (Å²) in [5, 5.41) is 12.3. The molecule has 2 aromatic carbocycles. The average molecular weight is 488 g/mol. The van der Waals surface area contributed by atoms with E-state index in [4.69, 9.17) is 29.4 Å². The van der Waals surface area contributed by atoms with E-state index in [0.717, 1.165) is 0 Å². The molecule has 1 aromatic heterocycles. The van der Waals surface area contributed by atoms with Crippen LogP contribution in [0.1, 0.15) is 0 Å². The first kappa shape index (κ1) is 26.1. The van der Waals surface area contributed by atoms with Crippen LogP contribution in [0.15, 0.2) is 47.3 Å². The number of hydrogen-bond donors (Lipinski definition) is 2. The minimum atomic E-state index is -0.501. The van der Waals surface area contributed by atoms with Gasteiger partial charge in [0.15, 0.2) is 0 Å². The largest absolute Gasteiger partial charge is 0.497 e. The smallest absolute Gasteiger partial charge is 0.301 e. The Labute approximate surface area is 201 Å². The molecule has 35 heavy (non-hydrogen) atoms. The van der Waals surface area contributed by atoms with Crippen molar-refractivity contribution in [2.75, 3.05) is 59.9 Å². The Morgan fingerprint density at radius 3 is 2.06 bits per heavy atom. The van der Waals surface area contributed by atoms with Gasteiger partial charge in [0.2, 0.25) is 0 Å². The Bertz CT molecular complexity index is 1160. The summed E-state index contributed by atoms with van der Waals surface area (Å²) in [4.78, 5) is 26.6. The topological polar surface area (TPSA) is 148 Å². The summed E-state index contributed by atoms with van der Waals surface area (Å²) in [6, 6.07) is 11.3. The molecule has 0 aliphatic carbocycles. The molecule has 0 aliphatic rings. The second kappa shape index (κ2) is 13.4. The molecule has 0 unspecified atom stereocenters. The summed E-state index contributed by atoms with van der Waals surface area (Å²) in [7, 11) is 1.46. The second-order valence-corrected chi connectivity index (χ2v) is 7.34. The van der Waals surface area contributed by atoms with Gasteiger partial charge in [0.05, 0.1) is 62.4 Å². The molecule has 3 aromatic rings. The summed E-state index contributed by atoms with van der Waals surface area (Å²) in [6.07, 6.45) is 0. The van der Waals surface area contributed by atoms with Gasteiger partial charge in [0, 0.05) is 12.1 Å². The van der Waals surface area contributed by atoms with Crippen LogP contribution in [0.2, 0.25) is 0 Å². The van der Waals surface area contributed by atoms with E-state index < -0.39 is 10.5 Å². The molecular formula is C24H29N3O8. The van der Waals surface area contributed by atoms with Crippen molar-refractivity contribution in [2.45, 2.75) is 0 Å². The lowest BCUT2D eigenvalue weighted by atomic mass is 10.0. The Hall–Kier alpha value is -3.51. The van der Waals surface area contributed by atoms with Crippen LogP contribution in [0.4, 0.5) is 5.69 Å². The third-order valence-corrected chi connectivity index (χ3v) is 5.03. The molecule has 0 atom stereocenters. The third kappa shape index (κ3) is 7.23. The van der Waals surface area contributed by atoms with Crippen molar-refractivity contribution in [3.05, 3.63) is 62.9 Å². The molecule has 0 saturated carbocycles. The molecule has 0 amide bonds. The number of nitrogens with two attached hydrogens (primary N) is 1. The lowest BCUT2D eigenvalue weighted by molar-refractivity contribution is -0.382. The van der Waals surface area contributed by atoms with Gasteiger partial charge < -0.3 is 34.4 Å². The van der Waals surface area contributed by atoms with E-state index in [1.54, 1.807) is 30.3 Å². The first-order valence-corrected chi connectivity index (χ1v) is 11.1. The monoisotopic (exact) mass is 487 g/mol. The highest BCUT2D eigenvalue weighted by Gasteiger charge is 2.23. The number of nitrogens with zero attached hydrogens (tertiary/aromatic N) is 1. The maximum absolute atomic E-state index is 12.6. The highest BCUT2D eigenvalue weighted by Crippen LogP contribution is 2.34. The minimum Gasteiger partial charge on any atom is -0.497 e. The van der Waals surface area contributed by atoms with Crippen LogP contribution in [-0.4, -0.2) is 69.8 Å². The predicted molar refractivity (Wildman–Crippen MR) is 130 cm³/mol. The molecule has 0 radical (unpaired) electrons. The highest BCUT2D eigenvalue weighted by atomic mass is 16.6. The average Bonchev–Trinajstić information content (AvgIpc) is 2.87. The van der Waals surface area contributed by atoms with Crippen molar-refractivity contribution in [3.63, 3.8) is 0 Å². The molecular weight excluding hydrogens is 458 g/mol. The van der Waals surface area contributed by atoms with E-state index in [1.807, 2.05) is 0 Å². The molecule has 11 heteroatoms. The fourth-order valence-corrected chi connectivity index (χ4v) is 3.38. The molecule has 3 N–H and O–H groups in total. The maximum atomic E-state index is 12.6. The highest BCUT2D eigenvalue weighted by molar-refractivity contribution is 5.96. The van der Waals surface area contributed by atoms with Gasteiger partial charge in [-0.05, 0) is 42.5 Å². The van der Waals surface area contributed by atoms with Crippen molar-refractivity contribution in [1.82, 2.24) is 4.98 Å². The van der Waals surface area contributed by atoms with E-state index in [2.05, 4.69) is 4.98 Å². The van der Waals surface area contributed by atoms with Crippen LogP contribution in [0.3, 0.4) is 0 Å². The van der Waals surface area contributed by atoms with E-state index >= 15 is 0 Å². The Kier molecular flexibility index (Phi) is 9.99. The van der Waals surface area contributed by atoms with Crippen molar-refractivity contribution in [3.8, 4) is 22.8 Å². The van der Waals surface area contributed by atoms with Gasteiger partial charge in [-0.3, -0.25) is 14.9 Å². The standard InChI is InChI=1S/C24H29N3O8/c1-31-19-6-7-20-21(16-19)24(28)26-22(23(20)27(29)30)17-2-4-18(5-3-17)35-15-14-34-13-12-33-11-10-32-9-8-25/h2-7,16H,8-15,25H2,1H3,(H,26,28). The van der Waals surface area contributed by atoms with Crippen LogP contribution in [-0.2, 0) is 14.2 Å². The van der Waals surface area contributed by atoms with Crippen molar-refractivity contribution < 1.29 is 28.6 Å². The Morgan fingerprint density at radius 2 is 1.46 bits per heavy atom. The van der Waals surface area contributed by atoms with Gasteiger partial charge in [0.1, 0.15) is 23.8 Å². The number of rotatable bonds is 15. The molecule has 188 valence electrons. The molecule has 0 bridgehead atoms. The van der Waals surface area contributed by atoms with E-state index in [0.29, 0.717) is 69.9 Å². The number of benzene rings is 2. The Balaban J connectivity index is 1.56. The van der Waals surface area contributed by atoms with Crippen molar-refractivity contribution in [1.29, 1.82) is 0 Å². The van der Waals surface area contributed by atoms with Gasteiger partial charge in [-0.2, -0.15) is 0 Å². The summed E-state index contributed by atoms with van der Waals surface area (Å²) >= 11 is 0. The van der Waals surface area contributed by atoms with Crippen molar-refractivity contribution >= 4 is 16.5 Å². The number of H-pyrrole nitrogens is 1. The molecule has 0 aliphatic heterocycles. The van der Waals surface area contributed by atoms with Gasteiger partial charge in [0.25, 0.3) is 5.56 Å². The van der Waals surface area contributed by atoms with E-state index in [9.17, 15) is 14.9 Å². The summed E-state index contributed by atoms with van der Waals surface area (Å²) in [6.45, 7) is 3.59. The summed E-state index contributed by atoms with van der Waals surface area (Å²) in [5.41, 5.74) is 5.31. The molecule has 3 rings (SSSR count). The lowest BCUT2D eigenvalue weighted by Gasteiger charge is -2.10. The first-order valence-electron chi connectivity index (χ1n) is 11.1. The van der Waals surface area contributed by atoms with Gasteiger partial charge >= 0.3 is 5.69 Å². The number of pyridine rings is 1. The zero-order chi connectivity index (χ0) is 25.0. The number of fused-ring (bicyclic) bond motifs is 1.